The van der Waals surface area contributed by atoms with Crippen molar-refractivity contribution in [2.24, 2.45) is 5.92 Å². The molecule has 0 aliphatic heterocycles. The Morgan fingerprint density at radius 3 is 2.70 bits per heavy atom. The van der Waals surface area contributed by atoms with Crippen LogP contribution in [-0.2, 0) is 9.84 Å². The number of anilines is 1. The van der Waals surface area contributed by atoms with Gasteiger partial charge in [-0.15, -0.1) is 11.6 Å². The maximum Gasteiger partial charge on any atom is 0.180 e. The second-order valence-corrected chi connectivity index (χ2v) is 8.17. The number of alkyl halides is 1. The molecule has 0 heterocycles. The second-order valence-electron chi connectivity index (χ2n) is 5.47. The van der Waals surface area contributed by atoms with Gasteiger partial charge in [-0.1, -0.05) is 19.1 Å². The third-order valence-electron chi connectivity index (χ3n) is 3.75. The first-order valence-corrected chi connectivity index (χ1v) is 9.31. The molecule has 3 nitrogen and oxygen atoms in total. The van der Waals surface area contributed by atoms with Crippen molar-refractivity contribution in [3.8, 4) is 0 Å². The summed E-state index contributed by atoms with van der Waals surface area (Å²) < 4.78 is 24.5. The van der Waals surface area contributed by atoms with Crippen molar-refractivity contribution in [1.82, 2.24) is 0 Å². The summed E-state index contributed by atoms with van der Waals surface area (Å²) >= 11 is 6.11. The Balaban J connectivity index is 2.08. The average molecular weight is 316 g/mol. The molecule has 5 heteroatoms. The van der Waals surface area contributed by atoms with Crippen LogP contribution < -0.4 is 5.32 Å². The summed E-state index contributed by atoms with van der Waals surface area (Å²) in [6.07, 6.45) is 3.82. The van der Waals surface area contributed by atoms with E-state index < -0.39 is 9.84 Å². The van der Waals surface area contributed by atoms with Gasteiger partial charge in [-0.3, -0.25) is 0 Å². The van der Waals surface area contributed by atoms with E-state index in [0.717, 1.165) is 31.5 Å². The van der Waals surface area contributed by atoms with E-state index in [0.29, 0.717) is 17.2 Å². The Hall–Kier alpha value is -0.740. The number of sulfone groups is 1. The molecular formula is C15H22ClNO2S. The lowest BCUT2D eigenvalue weighted by Gasteiger charge is -2.15. The molecule has 1 N–H and O–H groups in total. The fraction of sp³-hybridized carbons (Fsp3) is 0.600. The van der Waals surface area contributed by atoms with Crippen LogP contribution in [-0.4, -0.2) is 26.1 Å². The lowest BCUT2D eigenvalue weighted by atomic mass is 10.1. The Labute approximate surface area is 126 Å². The van der Waals surface area contributed by atoms with Crippen LogP contribution in [0.2, 0.25) is 0 Å². The standard InChI is InChI=1S/C15H22ClNO2S/c1-2-9-20(18,19)15-6-4-3-5-14(15)17-11-12-7-8-13(16)10-12/h3-6,12-13,17H,2,7-11H2,1H3. The van der Waals surface area contributed by atoms with Crippen molar-refractivity contribution in [2.75, 3.05) is 17.6 Å². The first kappa shape index (κ1) is 15.6. The molecule has 1 aliphatic carbocycles. The molecule has 0 bridgehead atoms. The number of halogens is 1. The third kappa shape index (κ3) is 3.89. The van der Waals surface area contributed by atoms with Crippen LogP contribution in [0.3, 0.4) is 0 Å². The van der Waals surface area contributed by atoms with Crippen LogP contribution in [0.4, 0.5) is 5.69 Å². The summed E-state index contributed by atoms with van der Waals surface area (Å²) in [5.41, 5.74) is 0.721. The molecule has 0 amide bonds. The van der Waals surface area contributed by atoms with E-state index in [1.807, 2.05) is 19.1 Å². The summed E-state index contributed by atoms with van der Waals surface area (Å²) in [6.45, 7) is 2.68. The van der Waals surface area contributed by atoms with Crippen molar-refractivity contribution in [3.05, 3.63) is 24.3 Å². The smallest absolute Gasteiger partial charge is 0.180 e. The van der Waals surface area contributed by atoms with Crippen molar-refractivity contribution >= 4 is 27.1 Å². The van der Waals surface area contributed by atoms with Gasteiger partial charge in [0.15, 0.2) is 9.84 Å². The van der Waals surface area contributed by atoms with Gasteiger partial charge in [-0.05, 0) is 43.7 Å². The molecule has 1 aromatic rings. The zero-order valence-corrected chi connectivity index (χ0v) is 13.4. The maximum absolute atomic E-state index is 12.2. The van der Waals surface area contributed by atoms with Crippen LogP contribution >= 0.6 is 11.6 Å². The van der Waals surface area contributed by atoms with Gasteiger partial charge in [0.2, 0.25) is 0 Å². The molecule has 0 aromatic heterocycles. The predicted octanol–water partition coefficient (Wildman–Crippen LogP) is 3.69. The van der Waals surface area contributed by atoms with Crippen LogP contribution in [0.25, 0.3) is 0 Å². The van der Waals surface area contributed by atoms with E-state index >= 15 is 0 Å². The number of benzene rings is 1. The average Bonchev–Trinajstić information content (AvgIpc) is 2.82. The van der Waals surface area contributed by atoms with Crippen LogP contribution in [0.1, 0.15) is 32.6 Å². The van der Waals surface area contributed by atoms with Crippen LogP contribution in [0.15, 0.2) is 29.2 Å². The number of rotatable bonds is 6. The normalized spacial score (nSPS) is 22.9. The van der Waals surface area contributed by atoms with Gasteiger partial charge < -0.3 is 5.32 Å². The highest BCUT2D eigenvalue weighted by Gasteiger charge is 2.23. The van der Waals surface area contributed by atoms with Crippen molar-refractivity contribution in [2.45, 2.75) is 42.9 Å². The molecule has 1 fully saturated rings. The zero-order valence-electron chi connectivity index (χ0n) is 11.8. The molecule has 2 unspecified atom stereocenters. The van der Waals surface area contributed by atoms with E-state index in [9.17, 15) is 8.42 Å². The fourth-order valence-electron chi connectivity index (χ4n) is 2.72. The van der Waals surface area contributed by atoms with Gasteiger partial charge in [0.05, 0.1) is 16.3 Å². The van der Waals surface area contributed by atoms with Gasteiger partial charge in [0, 0.05) is 11.9 Å². The molecule has 0 saturated heterocycles. The SMILES string of the molecule is CCCS(=O)(=O)c1ccccc1NCC1CCC(Cl)C1. The topological polar surface area (TPSA) is 46.2 Å². The van der Waals surface area contributed by atoms with Crippen molar-refractivity contribution in [1.29, 1.82) is 0 Å². The van der Waals surface area contributed by atoms with E-state index in [-0.39, 0.29) is 11.1 Å². The second kappa shape index (κ2) is 6.81. The Morgan fingerprint density at radius 2 is 2.05 bits per heavy atom. The van der Waals surface area contributed by atoms with E-state index in [2.05, 4.69) is 5.32 Å². The number of hydrogen-bond donors (Lipinski definition) is 1. The lowest BCUT2D eigenvalue weighted by Crippen LogP contribution is -2.15. The van der Waals surface area contributed by atoms with E-state index in [4.69, 9.17) is 11.6 Å². The molecule has 2 atom stereocenters. The largest absolute Gasteiger partial charge is 0.384 e. The van der Waals surface area contributed by atoms with Crippen molar-refractivity contribution < 1.29 is 8.42 Å². The molecule has 0 radical (unpaired) electrons. The minimum Gasteiger partial charge on any atom is -0.384 e. The maximum atomic E-state index is 12.2. The molecule has 20 heavy (non-hydrogen) atoms. The summed E-state index contributed by atoms with van der Waals surface area (Å²) in [5, 5.41) is 3.58. The Bertz CT molecular complexity index is 545. The van der Waals surface area contributed by atoms with Gasteiger partial charge in [0.25, 0.3) is 0 Å². The summed E-state index contributed by atoms with van der Waals surface area (Å²) in [6, 6.07) is 7.17. The predicted molar refractivity (Wildman–Crippen MR) is 84.3 cm³/mol. The highest BCUT2D eigenvalue weighted by atomic mass is 35.5. The summed E-state index contributed by atoms with van der Waals surface area (Å²) in [4.78, 5) is 0.419. The van der Waals surface area contributed by atoms with Gasteiger partial charge in [-0.25, -0.2) is 8.42 Å². The van der Waals surface area contributed by atoms with Gasteiger partial charge in [-0.2, -0.15) is 0 Å². The number of nitrogens with one attached hydrogen (secondary N) is 1. The molecule has 1 aliphatic rings. The van der Waals surface area contributed by atoms with Crippen LogP contribution in [0, 0.1) is 5.92 Å². The van der Waals surface area contributed by atoms with Gasteiger partial charge in [0.1, 0.15) is 0 Å². The highest BCUT2D eigenvalue weighted by Crippen LogP contribution is 2.30. The highest BCUT2D eigenvalue weighted by molar-refractivity contribution is 7.91. The molecule has 1 aromatic carbocycles. The molecule has 112 valence electrons. The Morgan fingerprint density at radius 1 is 1.30 bits per heavy atom. The van der Waals surface area contributed by atoms with E-state index in [1.54, 1.807) is 12.1 Å². The minimum atomic E-state index is -3.19. The number of para-hydroxylation sites is 1. The minimum absolute atomic E-state index is 0.193. The van der Waals surface area contributed by atoms with Crippen molar-refractivity contribution in [3.63, 3.8) is 0 Å². The first-order chi connectivity index (χ1) is 9.53. The first-order valence-electron chi connectivity index (χ1n) is 7.22. The third-order valence-corrected chi connectivity index (χ3v) is 6.12. The van der Waals surface area contributed by atoms with Crippen LogP contribution in [0.5, 0.6) is 0 Å². The summed E-state index contributed by atoms with van der Waals surface area (Å²) in [5.74, 6) is 0.734. The van der Waals surface area contributed by atoms with Gasteiger partial charge >= 0.3 is 0 Å². The summed E-state index contributed by atoms with van der Waals surface area (Å²) in [7, 11) is -3.19. The van der Waals surface area contributed by atoms with E-state index in [1.165, 1.54) is 0 Å². The zero-order chi connectivity index (χ0) is 14.6. The molecule has 2 rings (SSSR count). The monoisotopic (exact) mass is 315 g/mol. The number of hydrogen-bond acceptors (Lipinski definition) is 3. The fourth-order valence-corrected chi connectivity index (χ4v) is 4.61. The lowest BCUT2D eigenvalue weighted by molar-refractivity contribution is 0.578. The molecular weight excluding hydrogens is 294 g/mol. The Kier molecular flexibility index (Phi) is 5.33. The quantitative estimate of drug-likeness (QED) is 0.814. The molecule has 0 spiro atoms. The molecule has 1 saturated carbocycles.